The van der Waals surface area contributed by atoms with Crippen LogP contribution < -0.4 is 10.6 Å². The first-order valence-electron chi connectivity index (χ1n) is 4.94. The van der Waals surface area contributed by atoms with Gasteiger partial charge < -0.3 is 10.6 Å². The molecule has 0 aliphatic heterocycles. The van der Waals surface area contributed by atoms with Crippen LogP contribution in [0.2, 0.25) is 0 Å². The van der Waals surface area contributed by atoms with Gasteiger partial charge in [-0.1, -0.05) is 0 Å². The Balaban J connectivity index is 1.71. The van der Waals surface area contributed by atoms with E-state index in [-0.39, 0.29) is 5.82 Å². The van der Waals surface area contributed by atoms with Crippen molar-refractivity contribution in [1.82, 2.24) is 10.3 Å². The van der Waals surface area contributed by atoms with Gasteiger partial charge in [-0.05, 0) is 25.0 Å². The average Bonchev–Trinajstić information content (AvgIpc) is 2.99. The topological polar surface area (TPSA) is 37.0 Å². The molecule has 1 saturated carbocycles. The van der Waals surface area contributed by atoms with Crippen LogP contribution in [0.25, 0.3) is 0 Å². The number of hydrogen-bond donors (Lipinski definition) is 2. The molecule has 2 rings (SSSR count). The zero-order valence-electron chi connectivity index (χ0n) is 7.96. The summed E-state index contributed by atoms with van der Waals surface area (Å²) < 4.78 is 13.0. The van der Waals surface area contributed by atoms with E-state index in [9.17, 15) is 4.39 Å². The molecule has 14 heavy (non-hydrogen) atoms. The minimum atomic E-state index is -0.293. The Hall–Kier alpha value is -1.16. The van der Waals surface area contributed by atoms with Gasteiger partial charge in [0.05, 0.1) is 0 Å². The molecule has 0 saturated heterocycles. The van der Waals surface area contributed by atoms with Crippen molar-refractivity contribution < 1.29 is 4.39 Å². The summed E-state index contributed by atoms with van der Waals surface area (Å²) in [6.07, 6.45) is 4.13. The molecule has 0 radical (unpaired) electrons. The van der Waals surface area contributed by atoms with Gasteiger partial charge in [-0.2, -0.15) is 0 Å². The Labute approximate surface area is 82.7 Å². The molecule has 0 unspecified atom stereocenters. The van der Waals surface area contributed by atoms with E-state index in [1.165, 1.54) is 18.9 Å². The third-order valence-corrected chi connectivity index (χ3v) is 2.19. The highest BCUT2D eigenvalue weighted by Gasteiger charge is 2.19. The number of halogens is 1. The van der Waals surface area contributed by atoms with Crippen LogP contribution in [-0.2, 0) is 0 Å². The molecular weight excluding hydrogens is 181 g/mol. The van der Waals surface area contributed by atoms with Crippen LogP contribution in [0.1, 0.15) is 12.8 Å². The molecule has 1 aromatic heterocycles. The van der Waals surface area contributed by atoms with Crippen LogP contribution in [0, 0.1) is 5.82 Å². The highest BCUT2D eigenvalue weighted by Crippen LogP contribution is 2.17. The SMILES string of the molecule is Fc1cccnc1NCCNC1CC1. The summed E-state index contributed by atoms with van der Waals surface area (Å²) in [6, 6.07) is 3.69. The maximum atomic E-state index is 13.0. The minimum Gasteiger partial charge on any atom is -0.366 e. The molecule has 0 amide bonds. The van der Waals surface area contributed by atoms with E-state index in [2.05, 4.69) is 15.6 Å². The number of anilines is 1. The predicted molar refractivity (Wildman–Crippen MR) is 53.7 cm³/mol. The largest absolute Gasteiger partial charge is 0.366 e. The summed E-state index contributed by atoms with van der Waals surface area (Å²) in [5.74, 6) is 0.0454. The van der Waals surface area contributed by atoms with Crippen molar-refractivity contribution in [1.29, 1.82) is 0 Å². The highest BCUT2D eigenvalue weighted by atomic mass is 19.1. The number of nitrogens with zero attached hydrogens (tertiary/aromatic N) is 1. The highest BCUT2D eigenvalue weighted by molar-refractivity contribution is 5.35. The van der Waals surface area contributed by atoms with Crippen molar-refractivity contribution >= 4 is 5.82 Å². The van der Waals surface area contributed by atoms with Crippen molar-refractivity contribution in [3.8, 4) is 0 Å². The third kappa shape index (κ3) is 2.67. The minimum absolute atomic E-state index is 0.293. The summed E-state index contributed by atoms with van der Waals surface area (Å²) in [6.45, 7) is 1.57. The van der Waals surface area contributed by atoms with Gasteiger partial charge in [0, 0.05) is 25.3 Å². The second-order valence-electron chi connectivity index (χ2n) is 3.49. The monoisotopic (exact) mass is 195 g/mol. The van der Waals surface area contributed by atoms with Crippen molar-refractivity contribution in [2.75, 3.05) is 18.4 Å². The molecule has 1 fully saturated rings. The van der Waals surface area contributed by atoms with Crippen LogP contribution in [0.4, 0.5) is 10.2 Å². The lowest BCUT2D eigenvalue weighted by Crippen LogP contribution is -2.24. The van der Waals surface area contributed by atoms with E-state index in [0.717, 1.165) is 6.54 Å². The van der Waals surface area contributed by atoms with Gasteiger partial charge in [0.15, 0.2) is 11.6 Å². The van der Waals surface area contributed by atoms with E-state index in [4.69, 9.17) is 0 Å². The van der Waals surface area contributed by atoms with Crippen LogP contribution in [0.5, 0.6) is 0 Å². The molecular formula is C10H14FN3. The van der Waals surface area contributed by atoms with Gasteiger partial charge in [0.1, 0.15) is 0 Å². The Morgan fingerprint density at radius 1 is 1.43 bits per heavy atom. The van der Waals surface area contributed by atoms with Crippen LogP contribution in [0.15, 0.2) is 18.3 Å². The molecule has 4 heteroatoms. The van der Waals surface area contributed by atoms with Gasteiger partial charge >= 0.3 is 0 Å². The lowest BCUT2D eigenvalue weighted by Gasteiger charge is -2.06. The molecule has 0 bridgehead atoms. The first-order valence-corrected chi connectivity index (χ1v) is 4.94. The summed E-state index contributed by atoms with van der Waals surface area (Å²) >= 11 is 0. The maximum absolute atomic E-state index is 13.0. The fourth-order valence-electron chi connectivity index (χ4n) is 1.26. The van der Waals surface area contributed by atoms with Crippen LogP contribution in [-0.4, -0.2) is 24.1 Å². The predicted octanol–water partition coefficient (Wildman–Crippen LogP) is 1.38. The van der Waals surface area contributed by atoms with Gasteiger partial charge in [-0.25, -0.2) is 9.37 Å². The van der Waals surface area contributed by atoms with Crippen molar-refractivity contribution in [3.05, 3.63) is 24.1 Å². The molecule has 2 N–H and O–H groups in total. The molecule has 0 atom stereocenters. The quantitative estimate of drug-likeness (QED) is 0.697. The number of nitrogens with one attached hydrogen (secondary N) is 2. The lowest BCUT2D eigenvalue weighted by atomic mass is 10.4. The molecule has 1 aliphatic carbocycles. The van der Waals surface area contributed by atoms with Crippen molar-refractivity contribution in [2.45, 2.75) is 18.9 Å². The summed E-state index contributed by atoms with van der Waals surface area (Å²) in [7, 11) is 0. The summed E-state index contributed by atoms with van der Waals surface area (Å²) in [4.78, 5) is 3.90. The van der Waals surface area contributed by atoms with E-state index in [1.807, 2.05) is 0 Å². The molecule has 0 aromatic carbocycles. The van der Waals surface area contributed by atoms with Crippen molar-refractivity contribution in [2.24, 2.45) is 0 Å². The van der Waals surface area contributed by atoms with Gasteiger partial charge in [0.25, 0.3) is 0 Å². The van der Waals surface area contributed by atoms with E-state index in [0.29, 0.717) is 18.4 Å². The standard InChI is InChI=1S/C10H14FN3/c11-9-2-1-5-13-10(9)14-7-6-12-8-3-4-8/h1-2,5,8,12H,3-4,6-7H2,(H,13,14). The zero-order chi connectivity index (χ0) is 9.80. The second-order valence-corrected chi connectivity index (χ2v) is 3.49. The molecule has 1 aromatic rings. The van der Waals surface area contributed by atoms with E-state index in [1.54, 1.807) is 12.3 Å². The number of pyridine rings is 1. The zero-order valence-corrected chi connectivity index (χ0v) is 7.96. The molecule has 76 valence electrons. The van der Waals surface area contributed by atoms with Gasteiger partial charge in [-0.3, -0.25) is 0 Å². The Kier molecular flexibility index (Phi) is 2.93. The normalized spacial score (nSPS) is 15.5. The van der Waals surface area contributed by atoms with E-state index < -0.39 is 0 Å². The Morgan fingerprint density at radius 2 is 2.29 bits per heavy atom. The second kappa shape index (κ2) is 4.37. The molecule has 1 aliphatic rings. The third-order valence-electron chi connectivity index (χ3n) is 2.19. The van der Waals surface area contributed by atoms with E-state index >= 15 is 0 Å². The lowest BCUT2D eigenvalue weighted by molar-refractivity contribution is 0.622. The van der Waals surface area contributed by atoms with Crippen LogP contribution >= 0.6 is 0 Å². The molecule has 1 heterocycles. The fourth-order valence-corrected chi connectivity index (χ4v) is 1.26. The average molecular weight is 195 g/mol. The Bertz CT molecular complexity index is 299. The van der Waals surface area contributed by atoms with Gasteiger partial charge in [-0.15, -0.1) is 0 Å². The molecule has 3 nitrogen and oxygen atoms in total. The Morgan fingerprint density at radius 3 is 3.00 bits per heavy atom. The summed E-state index contributed by atoms with van der Waals surface area (Å²) in [5.41, 5.74) is 0. The maximum Gasteiger partial charge on any atom is 0.165 e. The number of hydrogen-bond acceptors (Lipinski definition) is 3. The fraction of sp³-hybridized carbons (Fsp3) is 0.500. The number of rotatable bonds is 5. The first kappa shape index (κ1) is 9.40. The van der Waals surface area contributed by atoms with Crippen molar-refractivity contribution in [3.63, 3.8) is 0 Å². The smallest absolute Gasteiger partial charge is 0.165 e. The van der Waals surface area contributed by atoms with Crippen LogP contribution in [0.3, 0.4) is 0 Å². The summed E-state index contributed by atoms with van der Waals surface area (Å²) in [5, 5.41) is 6.28. The molecule has 0 spiro atoms. The number of aromatic nitrogens is 1. The van der Waals surface area contributed by atoms with Gasteiger partial charge in [0.2, 0.25) is 0 Å². The first-order chi connectivity index (χ1) is 6.86.